The molecule has 13 aromatic rings. The van der Waals surface area contributed by atoms with Gasteiger partial charge in [0.2, 0.25) is 17.7 Å². The summed E-state index contributed by atoms with van der Waals surface area (Å²) in [4.78, 5) is 95.2. The topological polar surface area (TPSA) is 140 Å². The minimum absolute atomic E-state index is 0.00545. The largest absolute Gasteiger partial charge is 0.360 e. The van der Waals surface area contributed by atoms with Gasteiger partial charge in [-0.1, -0.05) is 261 Å². The Morgan fingerprint density at radius 3 is 1.17 bits per heavy atom. The minimum Gasteiger partial charge on any atom is -0.360 e. The van der Waals surface area contributed by atoms with Crippen LogP contribution in [0.2, 0.25) is 60.3 Å². The number of piperazine rings is 4. The number of benzene rings is 12. The highest BCUT2D eigenvalue weighted by Crippen LogP contribution is 2.45. The Hall–Kier alpha value is -9.70. The van der Waals surface area contributed by atoms with Gasteiger partial charge in [0, 0.05) is 159 Å². The molecule has 4 aliphatic heterocycles. The second-order valence-corrected chi connectivity index (χ2v) is 39.1. The number of thiophene rings is 1. The number of aryl methyl sites for hydroxylation is 1. The average Bonchev–Trinajstić information content (AvgIpc) is 1.70. The molecule has 6 aliphatic rings. The summed E-state index contributed by atoms with van der Waals surface area (Å²) < 4.78 is 1.12. The van der Waals surface area contributed by atoms with Gasteiger partial charge in [-0.15, -0.1) is 11.3 Å². The Labute approximate surface area is 825 Å². The second-order valence-electron chi connectivity index (χ2n) is 32.9. The molecule has 0 saturated carbocycles. The van der Waals surface area contributed by atoms with Gasteiger partial charge in [0.25, 0.3) is 11.8 Å². The fourth-order valence-electron chi connectivity index (χ4n) is 18.2. The van der Waals surface area contributed by atoms with Gasteiger partial charge in [0.1, 0.15) is 0 Å². The van der Waals surface area contributed by atoms with E-state index in [1.807, 2.05) is 220 Å². The summed E-state index contributed by atoms with van der Waals surface area (Å²) in [5.41, 5.74) is 13.1. The van der Waals surface area contributed by atoms with E-state index in [-0.39, 0.29) is 71.8 Å². The molecule has 5 amide bonds. The summed E-state index contributed by atoms with van der Waals surface area (Å²) in [7, 11) is 0. The fraction of sp³-hybridized carbons (Fsp3) is 0.223. The Balaban J connectivity index is 0.000000128. The van der Waals surface area contributed by atoms with E-state index in [9.17, 15) is 28.8 Å². The van der Waals surface area contributed by atoms with Crippen LogP contribution in [0.25, 0.3) is 10.1 Å². The first-order valence-electron chi connectivity index (χ1n) is 42.8. The minimum atomic E-state index is -0.426. The Bertz CT molecular complexity index is 6360. The molecule has 0 radical (unpaired) electrons. The number of fused-ring (bicyclic) bond motifs is 3. The molecule has 2 aliphatic carbocycles. The number of nitrogens with one attached hydrogen (secondary N) is 1. The van der Waals surface area contributed by atoms with E-state index in [1.54, 1.807) is 59.9 Å². The van der Waals surface area contributed by atoms with Crippen LogP contribution in [0.5, 0.6) is 0 Å². The van der Waals surface area contributed by atoms with Crippen molar-refractivity contribution in [1.82, 2.24) is 19.6 Å². The van der Waals surface area contributed by atoms with E-state index < -0.39 is 5.92 Å². The molecule has 12 aromatic carbocycles. The number of hydrogen-bond acceptors (Lipinski definition) is 11. The summed E-state index contributed by atoms with van der Waals surface area (Å²) in [6.07, 6.45) is 2.93. The first kappa shape index (κ1) is 94.5. The maximum absolute atomic E-state index is 13.6. The molecule has 0 spiro atoms. The summed E-state index contributed by atoms with van der Waals surface area (Å²) in [5, 5.41) is 11.2. The van der Waals surface area contributed by atoms with E-state index in [0.29, 0.717) is 156 Å². The third kappa shape index (κ3) is 22.4. The standard InChI is InChI=1S/C27H25Cl3N2O.C26H21Cl3N2O2.C25H22Cl3N3O2.C25H19Cl3N2OS/c28-22-9-7-19(8-10-22)26-17-31(13-14-32(26)25-12-11-23(29)16-24(25)30)27(33)21-6-5-18-3-1-2-4-20(18)15-21;27-17-7-5-16(6-8-17)24-15-30(11-12-31(24)23-10-9-18(28)13-22(23)29)26(33)21-14-25(32)20-4-2-1-3-19(20)21;1-16(32)29-21-4-2-3-18(13-21)25(33)30-11-12-31(23-10-9-20(27)14-22(23)28)24(15-30)17-5-7-19(26)8-6-17;26-18-7-5-16(6-8-18)22-15-29(11-12-30(22)21-10-9-19(27)14-20(21)28)25(31)24-13-17-3-1-2-4-23(17)32-24/h1-4,7-12,16,21,26H,5-6,13-15,17H2;1-10,13,21,24H,11-12,14-15H2;2-10,13-14,24H,11-12,15H2,1H3,(H,29,32);1-10,13-14,22H,11-12,15H2. The molecule has 28 heteroatoms. The van der Waals surface area contributed by atoms with Crippen molar-refractivity contribution in [1.29, 1.82) is 0 Å². The van der Waals surface area contributed by atoms with Gasteiger partial charge >= 0.3 is 0 Å². The van der Waals surface area contributed by atoms with Crippen LogP contribution < -0.4 is 24.9 Å². The zero-order chi connectivity index (χ0) is 91.8. The van der Waals surface area contributed by atoms with E-state index in [1.165, 1.54) is 18.1 Å². The molecule has 4 fully saturated rings. The molecule has 6 unspecified atom stereocenters. The number of nitrogens with zero attached hydrogens (tertiary/aromatic N) is 8. The van der Waals surface area contributed by atoms with Gasteiger partial charge in [-0.25, -0.2) is 0 Å². The number of hydrogen-bond donors (Lipinski definition) is 1. The molecule has 15 nitrogen and oxygen atoms in total. The van der Waals surface area contributed by atoms with Gasteiger partial charge < -0.3 is 44.5 Å². The number of halogens is 12. The SMILES string of the molecule is CC(=O)Nc1cccc(C(=O)N2CCN(c3ccc(Cl)cc3Cl)C(c3ccc(Cl)cc3)C2)c1.O=C(C1CCc2ccccc2C1)N1CCN(c2ccc(Cl)cc2Cl)C(c2ccc(Cl)cc2)C1.O=C(c1cc2ccccc2s1)N1CCN(c2ccc(Cl)cc2Cl)C(c2ccc(Cl)cc2)C1.O=C1CC(C(=O)N2CCN(c3ccc(Cl)cc3Cl)C(c3ccc(Cl)cc3)C2)c2ccccc21. The molecule has 131 heavy (non-hydrogen) atoms. The molecule has 5 heterocycles. The lowest BCUT2D eigenvalue weighted by Gasteiger charge is -2.44. The normalized spacial score (nSPS) is 18.3. The number of ketones is 1. The number of Topliss-reactive ketones (excluding diaryl/α,β-unsaturated/α-hetero) is 1. The highest BCUT2D eigenvalue weighted by atomic mass is 35.5. The number of rotatable bonds is 13. The van der Waals surface area contributed by atoms with Crippen LogP contribution in [0, 0.1) is 5.92 Å². The van der Waals surface area contributed by atoms with Crippen molar-refractivity contribution in [2.45, 2.75) is 62.7 Å². The summed E-state index contributed by atoms with van der Waals surface area (Å²) >= 11 is 76.8. The third-order valence-electron chi connectivity index (χ3n) is 24.7. The Morgan fingerprint density at radius 2 is 0.733 bits per heavy atom. The van der Waals surface area contributed by atoms with Gasteiger partial charge in [-0.3, -0.25) is 28.8 Å². The molecular weight excluding hydrogens is 1920 g/mol. The Morgan fingerprint density at radius 1 is 0.351 bits per heavy atom. The van der Waals surface area contributed by atoms with E-state index in [0.717, 1.165) is 84.8 Å². The first-order chi connectivity index (χ1) is 63.2. The Kier molecular flexibility index (Phi) is 30.8. The predicted octanol–water partition coefficient (Wildman–Crippen LogP) is 27.1. The molecule has 0 bridgehead atoms. The van der Waals surface area contributed by atoms with Gasteiger partial charge in [-0.05, 0) is 215 Å². The molecular formula is C103H87Cl12N9O6S. The fourth-order valence-corrected chi connectivity index (χ4v) is 21.8. The number of carbonyl (C=O) groups excluding carboxylic acids is 6. The molecule has 19 rings (SSSR count). The van der Waals surface area contributed by atoms with E-state index >= 15 is 0 Å². The first-order valence-corrected chi connectivity index (χ1v) is 48.2. The second kappa shape index (κ2) is 42.7. The lowest BCUT2D eigenvalue weighted by Crippen LogP contribution is -2.52. The van der Waals surface area contributed by atoms with Crippen molar-refractivity contribution in [2.24, 2.45) is 5.92 Å². The lowest BCUT2D eigenvalue weighted by atomic mass is 9.83. The van der Waals surface area contributed by atoms with Crippen molar-refractivity contribution in [3.63, 3.8) is 0 Å². The van der Waals surface area contributed by atoms with Crippen LogP contribution in [0.3, 0.4) is 0 Å². The van der Waals surface area contributed by atoms with Crippen LogP contribution in [-0.4, -0.2) is 133 Å². The zero-order valence-corrected chi connectivity index (χ0v) is 80.6. The van der Waals surface area contributed by atoms with Crippen LogP contribution in [-0.2, 0) is 27.2 Å². The van der Waals surface area contributed by atoms with Crippen LogP contribution in [0.4, 0.5) is 28.4 Å². The number of carbonyl (C=O) groups is 6. The van der Waals surface area contributed by atoms with Crippen LogP contribution in [0.15, 0.2) is 273 Å². The maximum Gasteiger partial charge on any atom is 0.264 e. The molecule has 1 aromatic heterocycles. The summed E-state index contributed by atoms with van der Waals surface area (Å²) in [6.45, 7) is 8.41. The molecule has 4 saturated heterocycles. The van der Waals surface area contributed by atoms with E-state index in [2.05, 4.69) is 49.2 Å². The lowest BCUT2D eigenvalue weighted by molar-refractivity contribution is -0.137. The molecule has 670 valence electrons. The number of anilines is 5. The smallest absolute Gasteiger partial charge is 0.264 e. The van der Waals surface area contributed by atoms with E-state index in [4.69, 9.17) is 139 Å². The monoisotopic (exact) mass is 2000 g/mol. The quantitative estimate of drug-likeness (QED) is 0.119. The van der Waals surface area contributed by atoms with Crippen molar-refractivity contribution in [3.05, 3.63) is 388 Å². The third-order valence-corrected chi connectivity index (χ3v) is 29.0. The van der Waals surface area contributed by atoms with Crippen molar-refractivity contribution >= 4 is 224 Å². The summed E-state index contributed by atoms with van der Waals surface area (Å²) in [5.74, 6) is -0.322. The van der Waals surface area contributed by atoms with Crippen molar-refractivity contribution < 1.29 is 28.8 Å². The zero-order valence-electron chi connectivity index (χ0n) is 70.7. The van der Waals surface area contributed by atoms with Crippen LogP contribution in [0.1, 0.15) is 119 Å². The van der Waals surface area contributed by atoms with Gasteiger partial charge in [-0.2, -0.15) is 0 Å². The molecule has 1 N–H and O–H groups in total. The van der Waals surface area contributed by atoms with Gasteiger partial charge in [0.15, 0.2) is 5.78 Å². The molecule has 6 atom stereocenters. The predicted molar refractivity (Wildman–Crippen MR) is 540 cm³/mol. The average molecular weight is 2000 g/mol. The highest BCUT2D eigenvalue weighted by Gasteiger charge is 2.42. The highest BCUT2D eigenvalue weighted by molar-refractivity contribution is 7.20. The van der Waals surface area contributed by atoms with Gasteiger partial charge in [0.05, 0.1) is 77.8 Å². The van der Waals surface area contributed by atoms with Crippen LogP contribution >= 0.6 is 151 Å². The summed E-state index contributed by atoms with van der Waals surface area (Å²) in [6, 6.07) is 85.6. The van der Waals surface area contributed by atoms with Crippen molar-refractivity contribution in [3.8, 4) is 0 Å². The number of amides is 5. The maximum atomic E-state index is 13.6. The van der Waals surface area contributed by atoms with Crippen molar-refractivity contribution in [2.75, 3.05) is 103 Å².